The van der Waals surface area contributed by atoms with Crippen LogP contribution in [0.1, 0.15) is 18.9 Å². The number of nitrogens with one attached hydrogen (secondary N) is 1. The number of nitrogens with zero attached hydrogens (tertiary/aromatic N) is 3. The van der Waals surface area contributed by atoms with E-state index in [1.165, 1.54) is 6.07 Å². The maximum atomic E-state index is 10.9. The lowest BCUT2D eigenvalue weighted by molar-refractivity contribution is -0.384. The summed E-state index contributed by atoms with van der Waals surface area (Å²) in [6.45, 7) is 6.18. The van der Waals surface area contributed by atoms with Gasteiger partial charge in [-0.15, -0.1) is 0 Å². The molecule has 1 unspecified atom stereocenters. The molecule has 0 saturated carbocycles. The molecule has 1 fully saturated rings. The number of hydrogen-bond acceptors (Lipinski definition) is 6. The highest BCUT2D eigenvalue weighted by molar-refractivity contribution is 5.62. The number of anilines is 1. The molecule has 0 amide bonds. The fraction of sp³-hybridized carbons (Fsp3) is 0.571. The number of likely N-dealkylation sites (N-methyl/N-ethyl adjacent to an activating group) is 1. The van der Waals surface area contributed by atoms with Crippen LogP contribution in [0.3, 0.4) is 0 Å². The molecule has 1 heterocycles. The van der Waals surface area contributed by atoms with Gasteiger partial charge in [-0.1, -0.05) is 6.07 Å². The van der Waals surface area contributed by atoms with Crippen molar-refractivity contribution in [1.29, 1.82) is 0 Å². The monoisotopic (exact) mass is 293 g/mol. The van der Waals surface area contributed by atoms with E-state index in [0.717, 1.165) is 38.2 Å². The van der Waals surface area contributed by atoms with Gasteiger partial charge in [-0.2, -0.15) is 0 Å². The van der Waals surface area contributed by atoms with E-state index in [9.17, 15) is 10.1 Å². The highest BCUT2D eigenvalue weighted by Gasteiger charge is 2.20. The number of nitro groups is 1. The van der Waals surface area contributed by atoms with E-state index in [1.807, 2.05) is 0 Å². The molecule has 2 rings (SSSR count). The third-order valence-corrected chi connectivity index (χ3v) is 3.98. The summed E-state index contributed by atoms with van der Waals surface area (Å²) in [5.41, 5.74) is 3.81. The van der Waals surface area contributed by atoms with Crippen molar-refractivity contribution in [3.63, 3.8) is 0 Å². The Kier molecular flexibility index (Phi) is 5.11. The topological polar surface area (TPSA) is 87.7 Å². The van der Waals surface area contributed by atoms with Crippen molar-refractivity contribution in [2.45, 2.75) is 25.9 Å². The van der Waals surface area contributed by atoms with Gasteiger partial charge in [-0.05, 0) is 38.6 Å². The lowest BCUT2D eigenvalue weighted by atomic mass is 10.1. The zero-order chi connectivity index (χ0) is 15.4. The van der Waals surface area contributed by atoms with E-state index >= 15 is 0 Å². The standard InChI is InChI=1S/C14H23N5O2/c1-11-9-17(2)6-3-7-18(11)10-12-4-5-14(19(20)21)13(8-12)16-15/h4-5,8,11,16H,3,6-7,9-10,15H2,1-2H3. The molecule has 116 valence electrons. The summed E-state index contributed by atoms with van der Waals surface area (Å²) in [6, 6.07) is 5.54. The van der Waals surface area contributed by atoms with Crippen LogP contribution in [0, 0.1) is 10.1 Å². The predicted molar refractivity (Wildman–Crippen MR) is 82.9 cm³/mol. The Balaban J connectivity index is 2.13. The molecular weight excluding hydrogens is 270 g/mol. The second kappa shape index (κ2) is 6.84. The third-order valence-electron chi connectivity index (χ3n) is 3.98. The van der Waals surface area contributed by atoms with Gasteiger partial charge in [0.1, 0.15) is 5.69 Å². The lowest BCUT2D eigenvalue weighted by Gasteiger charge is -2.28. The molecule has 0 aromatic heterocycles. The smallest absolute Gasteiger partial charge is 0.293 e. The minimum absolute atomic E-state index is 0.00454. The first-order valence-electron chi connectivity index (χ1n) is 7.17. The van der Waals surface area contributed by atoms with Gasteiger partial charge >= 0.3 is 0 Å². The van der Waals surface area contributed by atoms with Crippen molar-refractivity contribution in [2.75, 3.05) is 32.1 Å². The maximum absolute atomic E-state index is 10.9. The summed E-state index contributed by atoms with van der Waals surface area (Å²) >= 11 is 0. The number of nitrogens with two attached hydrogens (primary N) is 1. The van der Waals surface area contributed by atoms with Crippen LogP contribution in [-0.4, -0.2) is 47.4 Å². The van der Waals surface area contributed by atoms with Gasteiger partial charge in [0.15, 0.2) is 0 Å². The minimum Gasteiger partial charge on any atom is -0.318 e. The highest BCUT2D eigenvalue weighted by Crippen LogP contribution is 2.25. The Morgan fingerprint density at radius 2 is 2.24 bits per heavy atom. The van der Waals surface area contributed by atoms with Gasteiger partial charge in [-0.25, -0.2) is 0 Å². The van der Waals surface area contributed by atoms with Crippen molar-refractivity contribution < 1.29 is 4.92 Å². The van der Waals surface area contributed by atoms with Crippen molar-refractivity contribution in [3.8, 4) is 0 Å². The molecule has 0 spiro atoms. The first-order valence-corrected chi connectivity index (χ1v) is 7.17. The molecule has 1 aliphatic heterocycles. The molecule has 0 bridgehead atoms. The molecule has 21 heavy (non-hydrogen) atoms. The Labute approximate surface area is 124 Å². The molecule has 1 atom stereocenters. The van der Waals surface area contributed by atoms with E-state index in [4.69, 9.17) is 5.84 Å². The largest absolute Gasteiger partial charge is 0.318 e. The molecule has 0 radical (unpaired) electrons. The van der Waals surface area contributed by atoms with Gasteiger partial charge in [0.25, 0.3) is 5.69 Å². The van der Waals surface area contributed by atoms with Crippen molar-refractivity contribution in [1.82, 2.24) is 9.80 Å². The van der Waals surface area contributed by atoms with E-state index in [0.29, 0.717) is 11.7 Å². The number of benzene rings is 1. The SMILES string of the molecule is CC1CN(C)CCCN1Cc1ccc([N+](=O)[O-])c(NN)c1. The Morgan fingerprint density at radius 3 is 2.90 bits per heavy atom. The number of nitro benzene ring substituents is 1. The Hall–Kier alpha value is -1.70. The zero-order valence-electron chi connectivity index (χ0n) is 12.6. The Morgan fingerprint density at radius 1 is 1.48 bits per heavy atom. The fourth-order valence-electron chi connectivity index (χ4n) is 2.85. The quantitative estimate of drug-likeness (QED) is 0.496. The van der Waals surface area contributed by atoms with Gasteiger partial charge in [0.05, 0.1) is 4.92 Å². The summed E-state index contributed by atoms with van der Waals surface area (Å²) in [7, 11) is 2.14. The van der Waals surface area contributed by atoms with E-state index in [1.54, 1.807) is 12.1 Å². The molecule has 3 N–H and O–H groups in total. The minimum atomic E-state index is -0.428. The van der Waals surface area contributed by atoms with Crippen LogP contribution in [-0.2, 0) is 6.54 Å². The van der Waals surface area contributed by atoms with Crippen LogP contribution in [0.5, 0.6) is 0 Å². The molecule has 0 aliphatic carbocycles. The fourth-order valence-corrected chi connectivity index (χ4v) is 2.85. The van der Waals surface area contributed by atoms with Crippen LogP contribution in [0.25, 0.3) is 0 Å². The number of rotatable bonds is 4. The number of nitrogen functional groups attached to an aromatic ring is 1. The summed E-state index contributed by atoms with van der Waals surface area (Å²) in [6.07, 6.45) is 1.13. The van der Waals surface area contributed by atoms with Gasteiger partial charge in [0.2, 0.25) is 0 Å². The molecule has 1 saturated heterocycles. The summed E-state index contributed by atoms with van der Waals surface area (Å²) in [4.78, 5) is 15.2. The van der Waals surface area contributed by atoms with Crippen molar-refractivity contribution in [2.24, 2.45) is 5.84 Å². The lowest BCUT2D eigenvalue weighted by Crippen LogP contribution is -2.37. The summed E-state index contributed by atoms with van der Waals surface area (Å²) < 4.78 is 0. The van der Waals surface area contributed by atoms with E-state index in [2.05, 4.69) is 29.2 Å². The maximum Gasteiger partial charge on any atom is 0.293 e. The molecule has 1 aromatic carbocycles. The predicted octanol–water partition coefficient (Wildman–Crippen LogP) is 1.41. The van der Waals surface area contributed by atoms with Gasteiger partial charge in [-0.3, -0.25) is 20.9 Å². The average molecular weight is 293 g/mol. The molecular formula is C14H23N5O2. The Bertz CT molecular complexity index is 508. The van der Waals surface area contributed by atoms with E-state index < -0.39 is 4.92 Å². The number of hydrazine groups is 1. The molecule has 7 heteroatoms. The van der Waals surface area contributed by atoms with Gasteiger partial charge in [0, 0.05) is 31.7 Å². The van der Waals surface area contributed by atoms with Crippen LogP contribution < -0.4 is 11.3 Å². The average Bonchev–Trinajstić information content (AvgIpc) is 2.60. The molecule has 1 aromatic rings. The number of hydrogen-bond donors (Lipinski definition) is 2. The molecule has 7 nitrogen and oxygen atoms in total. The third kappa shape index (κ3) is 3.90. The van der Waals surface area contributed by atoms with Crippen LogP contribution in [0.15, 0.2) is 18.2 Å². The normalized spacial score (nSPS) is 21.0. The highest BCUT2D eigenvalue weighted by atomic mass is 16.6. The summed E-state index contributed by atoms with van der Waals surface area (Å²) in [5.74, 6) is 5.39. The van der Waals surface area contributed by atoms with Gasteiger partial charge < -0.3 is 10.3 Å². The van der Waals surface area contributed by atoms with Crippen LogP contribution >= 0.6 is 0 Å². The zero-order valence-corrected chi connectivity index (χ0v) is 12.6. The first-order chi connectivity index (χ1) is 10.0. The molecule has 1 aliphatic rings. The van der Waals surface area contributed by atoms with E-state index in [-0.39, 0.29) is 5.69 Å². The van der Waals surface area contributed by atoms with Crippen LogP contribution in [0.2, 0.25) is 0 Å². The van der Waals surface area contributed by atoms with Crippen LogP contribution in [0.4, 0.5) is 11.4 Å². The second-order valence-corrected chi connectivity index (χ2v) is 5.69. The summed E-state index contributed by atoms with van der Waals surface area (Å²) in [5, 5.41) is 10.9. The van der Waals surface area contributed by atoms with Crippen molar-refractivity contribution in [3.05, 3.63) is 33.9 Å². The second-order valence-electron chi connectivity index (χ2n) is 5.69. The van der Waals surface area contributed by atoms with Crippen molar-refractivity contribution >= 4 is 11.4 Å². The first kappa shape index (κ1) is 15.7.